The van der Waals surface area contributed by atoms with Crippen LogP contribution in [0.3, 0.4) is 0 Å². The third-order valence-corrected chi connectivity index (χ3v) is 2.96. The van der Waals surface area contributed by atoms with Crippen molar-refractivity contribution in [2.45, 2.75) is 20.0 Å². The molecule has 2 aromatic rings. The number of carbonyl (C=O) groups is 1. The van der Waals surface area contributed by atoms with Gasteiger partial charge in [-0.1, -0.05) is 6.92 Å². The van der Waals surface area contributed by atoms with E-state index < -0.39 is 4.92 Å². The molecular weight excluding hydrogens is 276 g/mol. The number of hydrogen-bond donors (Lipinski definition) is 1. The molecule has 0 aromatic carbocycles. The van der Waals surface area contributed by atoms with Crippen LogP contribution < -0.4 is 5.32 Å². The number of amides is 1. The predicted octanol–water partition coefficient (Wildman–Crippen LogP) is 0.477. The molecule has 112 valence electrons. The summed E-state index contributed by atoms with van der Waals surface area (Å²) >= 11 is 0. The first-order valence-corrected chi connectivity index (χ1v) is 6.38. The Morgan fingerprint density at radius 1 is 1.43 bits per heavy atom. The molecule has 1 amide bonds. The van der Waals surface area contributed by atoms with Crippen molar-refractivity contribution >= 4 is 11.6 Å². The predicted molar refractivity (Wildman–Crippen MR) is 73.1 cm³/mol. The van der Waals surface area contributed by atoms with Crippen molar-refractivity contribution in [2.75, 3.05) is 0 Å². The fourth-order valence-electron chi connectivity index (χ4n) is 1.84. The average molecular weight is 292 g/mol. The monoisotopic (exact) mass is 292 g/mol. The highest BCUT2D eigenvalue weighted by atomic mass is 16.6. The van der Waals surface area contributed by atoms with Crippen LogP contribution in [0.2, 0.25) is 0 Å². The topological polar surface area (TPSA) is 108 Å². The highest BCUT2D eigenvalue weighted by molar-refractivity contribution is 5.78. The van der Waals surface area contributed by atoms with Gasteiger partial charge >= 0.3 is 5.69 Å². The van der Waals surface area contributed by atoms with Crippen molar-refractivity contribution in [1.82, 2.24) is 24.9 Å². The van der Waals surface area contributed by atoms with E-state index in [4.69, 9.17) is 0 Å². The molecule has 0 bridgehead atoms. The summed E-state index contributed by atoms with van der Waals surface area (Å²) < 4.78 is 3.06. The molecule has 21 heavy (non-hydrogen) atoms. The number of rotatable bonds is 6. The molecule has 0 radical (unpaired) electrons. The van der Waals surface area contributed by atoms with Gasteiger partial charge < -0.3 is 5.32 Å². The van der Waals surface area contributed by atoms with Gasteiger partial charge in [0, 0.05) is 25.4 Å². The lowest BCUT2D eigenvalue weighted by Gasteiger charge is -2.11. The lowest BCUT2D eigenvalue weighted by Crippen LogP contribution is -2.31. The number of nitrogens with zero attached hydrogens (tertiary/aromatic N) is 5. The van der Waals surface area contributed by atoms with Crippen LogP contribution in [-0.2, 0) is 24.9 Å². The molecule has 0 aliphatic carbocycles. The SMILES string of the molecule is CC(Cn1cc([N+](=O)[O-])cn1)C(=O)NCc1cnn(C)c1. The Morgan fingerprint density at radius 2 is 2.19 bits per heavy atom. The number of aryl methyl sites for hydroxylation is 1. The van der Waals surface area contributed by atoms with Gasteiger partial charge in [-0.05, 0) is 0 Å². The number of hydrogen-bond acceptors (Lipinski definition) is 5. The minimum Gasteiger partial charge on any atom is -0.352 e. The smallest absolute Gasteiger partial charge is 0.306 e. The lowest BCUT2D eigenvalue weighted by molar-refractivity contribution is -0.385. The average Bonchev–Trinajstić information content (AvgIpc) is 3.05. The van der Waals surface area contributed by atoms with Gasteiger partial charge in [0.05, 0.1) is 23.6 Å². The van der Waals surface area contributed by atoms with Crippen LogP contribution >= 0.6 is 0 Å². The van der Waals surface area contributed by atoms with E-state index in [0.29, 0.717) is 6.54 Å². The maximum absolute atomic E-state index is 12.0. The van der Waals surface area contributed by atoms with E-state index in [1.165, 1.54) is 17.1 Å². The van der Waals surface area contributed by atoms with Gasteiger partial charge in [0.1, 0.15) is 12.4 Å². The summed E-state index contributed by atoms with van der Waals surface area (Å²) in [4.78, 5) is 22.0. The maximum Gasteiger partial charge on any atom is 0.306 e. The molecule has 0 spiro atoms. The molecule has 2 heterocycles. The Balaban J connectivity index is 1.85. The summed E-state index contributed by atoms with van der Waals surface area (Å²) in [6, 6.07) is 0. The summed E-state index contributed by atoms with van der Waals surface area (Å²) in [5.74, 6) is -0.488. The van der Waals surface area contributed by atoms with Gasteiger partial charge in [0.25, 0.3) is 0 Å². The zero-order valence-electron chi connectivity index (χ0n) is 11.8. The Hall–Kier alpha value is -2.71. The van der Waals surface area contributed by atoms with Crippen molar-refractivity contribution < 1.29 is 9.72 Å². The summed E-state index contributed by atoms with van der Waals surface area (Å²) in [6.45, 7) is 2.43. The molecule has 1 atom stereocenters. The molecule has 0 aliphatic heterocycles. The van der Waals surface area contributed by atoms with E-state index in [1.807, 2.05) is 6.20 Å². The van der Waals surface area contributed by atoms with Gasteiger partial charge in [0.2, 0.25) is 5.91 Å². The van der Waals surface area contributed by atoms with Crippen LogP contribution in [0.1, 0.15) is 12.5 Å². The Labute approximate surface area is 120 Å². The molecule has 2 aromatic heterocycles. The van der Waals surface area contributed by atoms with E-state index in [9.17, 15) is 14.9 Å². The van der Waals surface area contributed by atoms with Crippen LogP contribution in [0.5, 0.6) is 0 Å². The summed E-state index contributed by atoms with van der Waals surface area (Å²) in [5, 5.41) is 21.2. The van der Waals surface area contributed by atoms with Crippen molar-refractivity contribution in [1.29, 1.82) is 0 Å². The van der Waals surface area contributed by atoms with E-state index in [1.54, 1.807) is 24.9 Å². The second-order valence-electron chi connectivity index (χ2n) is 4.82. The van der Waals surface area contributed by atoms with Crippen molar-refractivity contribution in [3.8, 4) is 0 Å². The van der Waals surface area contributed by atoms with Crippen molar-refractivity contribution in [3.05, 3.63) is 40.5 Å². The maximum atomic E-state index is 12.0. The van der Waals surface area contributed by atoms with Crippen LogP contribution in [0.15, 0.2) is 24.8 Å². The standard InChI is InChI=1S/C12H16N6O3/c1-9(6-17-8-11(5-15-17)18(20)21)12(19)13-3-10-4-14-16(2)7-10/h4-5,7-9H,3,6H2,1-2H3,(H,13,19). The highest BCUT2D eigenvalue weighted by Crippen LogP contribution is 2.10. The zero-order valence-corrected chi connectivity index (χ0v) is 11.8. The Kier molecular flexibility index (Phi) is 4.31. The first-order valence-electron chi connectivity index (χ1n) is 6.38. The van der Waals surface area contributed by atoms with E-state index in [2.05, 4.69) is 15.5 Å². The third-order valence-electron chi connectivity index (χ3n) is 2.96. The van der Waals surface area contributed by atoms with Gasteiger partial charge in [0.15, 0.2) is 0 Å². The Morgan fingerprint density at radius 3 is 2.76 bits per heavy atom. The molecule has 9 heteroatoms. The molecule has 0 fully saturated rings. The minimum absolute atomic E-state index is 0.0852. The highest BCUT2D eigenvalue weighted by Gasteiger charge is 2.16. The number of aromatic nitrogens is 4. The van der Waals surface area contributed by atoms with Gasteiger partial charge in [-0.15, -0.1) is 0 Å². The zero-order chi connectivity index (χ0) is 15.4. The van der Waals surface area contributed by atoms with E-state index in [0.717, 1.165) is 5.56 Å². The van der Waals surface area contributed by atoms with Gasteiger partial charge in [-0.3, -0.25) is 24.3 Å². The summed E-state index contributed by atoms with van der Waals surface area (Å²) in [5.41, 5.74) is 0.825. The molecule has 0 aliphatic rings. The van der Waals surface area contributed by atoms with Crippen LogP contribution in [0, 0.1) is 16.0 Å². The van der Waals surface area contributed by atoms with Gasteiger partial charge in [-0.2, -0.15) is 10.2 Å². The molecule has 1 unspecified atom stereocenters. The van der Waals surface area contributed by atoms with Crippen LogP contribution in [0.4, 0.5) is 5.69 Å². The quantitative estimate of drug-likeness (QED) is 0.615. The minimum atomic E-state index is -0.517. The fourth-order valence-corrected chi connectivity index (χ4v) is 1.84. The molecular formula is C12H16N6O3. The van der Waals surface area contributed by atoms with Crippen LogP contribution in [0.25, 0.3) is 0 Å². The molecule has 0 saturated carbocycles. The van der Waals surface area contributed by atoms with Crippen LogP contribution in [-0.4, -0.2) is 30.4 Å². The largest absolute Gasteiger partial charge is 0.352 e. The molecule has 2 rings (SSSR count). The number of carbonyl (C=O) groups excluding carboxylic acids is 1. The second kappa shape index (κ2) is 6.16. The number of nitrogens with one attached hydrogen (secondary N) is 1. The molecule has 1 N–H and O–H groups in total. The summed E-state index contributed by atoms with van der Waals surface area (Å²) in [7, 11) is 1.80. The van der Waals surface area contributed by atoms with E-state index >= 15 is 0 Å². The number of nitro groups is 1. The molecule has 9 nitrogen and oxygen atoms in total. The second-order valence-corrected chi connectivity index (χ2v) is 4.82. The lowest BCUT2D eigenvalue weighted by atomic mass is 10.1. The fraction of sp³-hybridized carbons (Fsp3) is 0.417. The molecule has 0 saturated heterocycles. The first-order chi connectivity index (χ1) is 9.95. The normalized spacial score (nSPS) is 12.1. The summed E-state index contributed by atoms with van der Waals surface area (Å²) in [6.07, 6.45) is 5.98. The Bertz CT molecular complexity index is 647. The van der Waals surface area contributed by atoms with Crippen molar-refractivity contribution in [2.24, 2.45) is 13.0 Å². The van der Waals surface area contributed by atoms with Crippen molar-refractivity contribution in [3.63, 3.8) is 0 Å². The van der Waals surface area contributed by atoms with E-state index in [-0.39, 0.29) is 24.1 Å². The van der Waals surface area contributed by atoms with Gasteiger partial charge in [-0.25, -0.2) is 0 Å². The third kappa shape index (κ3) is 3.88. The first kappa shape index (κ1) is 14.7.